The van der Waals surface area contributed by atoms with Gasteiger partial charge in [0.15, 0.2) is 5.82 Å². The van der Waals surface area contributed by atoms with Gasteiger partial charge in [0.05, 0.1) is 5.69 Å². The molecular formula is C22H28N6O2. The average Bonchev–Trinajstić information content (AvgIpc) is 3.17. The number of para-hydroxylation sites is 1. The molecule has 1 unspecified atom stereocenters. The van der Waals surface area contributed by atoms with Gasteiger partial charge in [0.2, 0.25) is 5.91 Å². The van der Waals surface area contributed by atoms with E-state index in [1.54, 1.807) is 16.6 Å². The van der Waals surface area contributed by atoms with Gasteiger partial charge >= 0.3 is 0 Å². The lowest BCUT2D eigenvalue weighted by atomic mass is 10.0. The zero-order valence-corrected chi connectivity index (χ0v) is 18.3. The van der Waals surface area contributed by atoms with Gasteiger partial charge in [-0.05, 0) is 53.1 Å². The Morgan fingerprint density at radius 1 is 1.07 bits per heavy atom. The summed E-state index contributed by atoms with van der Waals surface area (Å²) < 4.78 is 6.80. The smallest absolute Gasteiger partial charge is 0.249 e. The molecule has 0 fully saturated rings. The first-order valence-electron chi connectivity index (χ1n) is 9.72. The fraction of sp³-hybridized carbons (Fsp3) is 0.364. The van der Waals surface area contributed by atoms with Gasteiger partial charge in [-0.25, -0.2) is 0 Å². The van der Waals surface area contributed by atoms with Crippen LogP contribution in [0.25, 0.3) is 5.69 Å². The van der Waals surface area contributed by atoms with Crippen molar-refractivity contribution in [2.75, 3.05) is 39.8 Å². The largest absolute Gasteiger partial charge is 0.378 e. The van der Waals surface area contributed by atoms with Crippen molar-refractivity contribution in [3.8, 4) is 5.69 Å². The van der Waals surface area contributed by atoms with Crippen LogP contribution in [-0.2, 0) is 9.53 Å². The van der Waals surface area contributed by atoms with E-state index in [4.69, 9.17) is 4.74 Å². The summed E-state index contributed by atoms with van der Waals surface area (Å²) >= 11 is 0. The second-order valence-corrected chi connectivity index (χ2v) is 7.52. The van der Waals surface area contributed by atoms with Crippen LogP contribution in [-0.4, -0.2) is 65.9 Å². The Bertz CT molecular complexity index is 992. The van der Waals surface area contributed by atoms with Crippen LogP contribution >= 0.6 is 0 Å². The molecule has 0 spiro atoms. The van der Waals surface area contributed by atoms with Crippen LogP contribution in [0.1, 0.15) is 28.6 Å². The Balaban J connectivity index is 2.15. The number of tetrazole rings is 1. The van der Waals surface area contributed by atoms with Gasteiger partial charge < -0.3 is 14.5 Å². The molecule has 2 aromatic carbocycles. The Hall–Kier alpha value is -3.26. The molecule has 0 saturated heterocycles. The fourth-order valence-electron chi connectivity index (χ4n) is 3.53. The fourth-order valence-corrected chi connectivity index (χ4v) is 3.53. The monoisotopic (exact) mass is 408 g/mol. The molecule has 0 N–H and O–H groups in total. The van der Waals surface area contributed by atoms with E-state index < -0.39 is 6.04 Å². The third kappa shape index (κ3) is 4.18. The number of hydrogen-bond acceptors (Lipinski definition) is 6. The maximum absolute atomic E-state index is 12.7. The normalized spacial score (nSPS) is 11.9. The van der Waals surface area contributed by atoms with Crippen molar-refractivity contribution in [2.24, 2.45) is 0 Å². The zero-order valence-electron chi connectivity index (χ0n) is 18.3. The van der Waals surface area contributed by atoms with Crippen molar-refractivity contribution in [3.05, 3.63) is 65.0 Å². The van der Waals surface area contributed by atoms with Gasteiger partial charge in [0, 0.05) is 33.9 Å². The number of amides is 1. The first-order chi connectivity index (χ1) is 14.3. The number of hydrogen-bond donors (Lipinski definition) is 0. The molecule has 30 heavy (non-hydrogen) atoms. The number of nitrogens with zero attached hydrogens (tertiary/aromatic N) is 6. The first-order valence-corrected chi connectivity index (χ1v) is 9.72. The van der Waals surface area contributed by atoms with Gasteiger partial charge in [0.25, 0.3) is 0 Å². The van der Waals surface area contributed by atoms with Gasteiger partial charge in [-0.15, -0.1) is 5.10 Å². The molecule has 0 bridgehead atoms. The molecule has 0 aliphatic carbocycles. The third-order valence-corrected chi connectivity index (χ3v) is 5.16. The molecule has 0 aliphatic rings. The van der Waals surface area contributed by atoms with Crippen molar-refractivity contribution in [3.63, 3.8) is 0 Å². The molecule has 3 rings (SSSR count). The van der Waals surface area contributed by atoms with Crippen LogP contribution in [0.4, 0.5) is 5.69 Å². The summed E-state index contributed by atoms with van der Waals surface area (Å²) in [5.74, 6) is 0.409. The Kier molecular flexibility index (Phi) is 6.47. The number of carbonyl (C=O) groups is 1. The SMILES string of the molecule is COCC(=O)N(C)C(c1ccc(N(C)C)cc1)c1nnnn1-c1c(C)cccc1C. The second kappa shape index (κ2) is 9.04. The summed E-state index contributed by atoms with van der Waals surface area (Å²) in [7, 11) is 7.23. The predicted molar refractivity (Wildman–Crippen MR) is 116 cm³/mol. The summed E-state index contributed by atoms with van der Waals surface area (Å²) in [6.45, 7) is 4.02. The van der Waals surface area contributed by atoms with Crippen molar-refractivity contribution in [1.82, 2.24) is 25.1 Å². The number of anilines is 1. The zero-order chi connectivity index (χ0) is 21.8. The number of carbonyl (C=O) groups excluding carboxylic acids is 1. The van der Waals surface area contributed by atoms with E-state index in [9.17, 15) is 4.79 Å². The van der Waals surface area contributed by atoms with Crippen LogP contribution < -0.4 is 4.90 Å². The number of rotatable bonds is 7. The van der Waals surface area contributed by atoms with Crippen molar-refractivity contribution >= 4 is 11.6 Å². The van der Waals surface area contributed by atoms with E-state index in [1.807, 2.05) is 75.3 Å². The van der Waals surface area contributed by atoms with Crippen molar-refractivity contribution in [2.45, 2.75) is 19.9 Å². The standard InChI is InChI=1S/C22H28N6O2/c1-15-8-7-9-16(2)20(15)28-22(23-24-25-28)21(27(5)19(29)14-30-6)17-10-12-18(13-11-17)26(3)4/h7-13,21H,14H2,1-6H3. The lowest BCUT2D eigenvalue weighted by molar-refractivity contribution is -0.135. The molecule has 1 amide bonds. The van der Waals surface area contributed by atoms with E-state index in [2.05, 4.69) is 15.5 Å². The number of likely N-dealkylation sites (N-methyl/N-ethyl adjacent to an activating group) is 1. The molecule has 1 aromatic heterocycles. The predicted octanol–water partition coefficient (Wildman–Crippen LogP) is 2.54. The molecular weight excluding hydrogens is 380 g/mol. The molecule has 3 aromatic rings. The van der Waals surface area contributed by atoms with E-state index in [1.165, 1.54) is 7.11 Å². The van der Waals surface area contributed by atoms with E-state index in [-0.39, 0.29) is 12.5 Å². The number of aromatic nitrogens is 4. The van der Waals surface area contributed by atoms with Crippen molar-refractivity contribution in [1.29, 1.82) is 0 Å². The second-order valence-electron chi connectivity index (χ2n) is 7.52. The number of aryl methyl sites for hydroxylation is 2. The van der Waals surface area contributed by atoms with Crippen LogP contribution in [0.5, 0.6) is 0 Å². The minimum absolute atomic E-state index is 0.0201. The lowest BCUT2D eigenvalue weighted by Gasteiger charge is -2.28. The molecule has 0 aliphatic heterocycles. The van der Waals surface area contributed by atoms with Gasteiger partial charge in [-0.3, -0.25) is 4.79 Å². The minimum Gasteiger partial charge on any atom is -0.378 e. The Morgan fingerprint density at radius 3 is 2.27 bits per heavy atom. The molecule has 1 heterocycles. The third-order valence-electron chi connectivity index (χ3n) is 5.16. The average molecular weight is 409 g/mol. The van der Waals surface area contributed by atoms with Crippen LogP contribution in [0.15, 0.2) is 42.5 Å². The van der Waals surface area contributed by atoms with Gasteiger partial charge in [0.1, 0.15) is 12.6 Å². The number of benzene rings is 2. The van der Waals surface area contributed by atoms with Crippen LogP contribution in [0.3, 0.4) is 0 Å². The lowest BCUT2D eigenvalue weighted by Crippen LogP contribution is -2.36. The van der Waals surface area contributed by atoms with Crippen LogP contribution in [0, 0.1) is 13.8 Å². The van der Waals surface area contributed by atoms with Gasteiger partial charge in [-0.2, -0.15) is 4.68 Å². The van der Waals surface area contributed by atoms with E-state index in [0.29, 0.717) is 5.82 Å². The maximum Gasteiger partial charge on any atom is 0.249 e. The summed E-state index contributed by atoms with van der Waals surface area (Å²) in [5, 5.41) is 12.5. The quantitative estimate of drug-likeness (QED) is 0.598. The number of ether oxygens (including phenoxy) is 1. The van der Waals surface area contributed by atoms with Crippen LogP contribution in [0.2, 0.25) is 0 Å². The van der Waals surface area contributed by atoms with E-state index >= 15 is 0 Å². The molecule has 8 nitrogen and oxygen atoms in total. The maximum atomic E-state index is 12.7. The Labute approximate surface area is 177 Å². The summed E-state index contributed by atoms with van der Waals surface area (Å²) in [6, 6.07) is 13.6. The molecule has 158 valence electrons. The highest BCUT2D eigenvalue weighted by atomic mass is 16.5. The topological polar surface area (TPSA) is 76.4 Å². The highest BCUT2D eigenvalue weighted by Crippen LogP contribution is 2.30. The number of methoxy groups -OCH3 is 1. The molecule has 0 saturated carbocycles. The highest BCUT2D eigenvalue weighted by Gasteiger charge is 2.30. The summed E-state index contributed by atoms with van der Waals surface area (Å²) in [5.41, 5.74) is 5.00. The summed E-state index contributed by atoms with van der Waals surface area (Å²) in [4.78, 5) is 16.4. The minimum atomic E-state index is -0.474. The highest BCUT2D eigenvalue weighted by molar-refractivity contribution is 5.78. The molecule has 1 atom stereocenters. The van der Waals surface area contributed by atoms with Gasteiger partial charge in [-0.1, -0.05) is 30.3 Å². The molecule has 0 radical (unpaired) electrons. The van der Waals surface area contributed by atoms with E-state index in [0.717, 1.165) is 28.1 Å². The first kappa shape index (κ1) is 21.4. The molecule has 8 heteroatoms. The summed E-state index contributed by atoms with van der Waals surface area (Å²) in [6.07, 6.45) is 0. The Morgan fingerprint density at radius 2 is 1.70 bits per heavy atom. The van der Waals surface area contributed by atoms with Crippen molar-refractivity contribution < 1.29 is 9.53 Å².